The SMILES string of the molecule is CCc1ccc(O[C@H](CC)C(=O)N[C@H](C)c2ccc3c(c2)CCCC3)cc1. The zero-order chi connectivity index (χ0) is 19.2. The number of ether oxygens (including phenoxy) is 1. The number of benzene rings is 2. The second kappa shape index (κ2) is 9.07. The minimum Gasteiger partial charge on any atom is -0.481 e. The summed E-state index contributed by atoms with van der Waals surface area (Å²) >= 11 is 0. The van der Waals surface area contributed by atoms with Crippen molar-refractivity contribution >= 4 is 5.91 Å². The molecule has 144 valence electrons. The molecule has 2 atom stereocenters. The van der Waals surface area contributed by atoms with Crippen molar-refractivity contribution in [3.8, 4) is 5.75 Å². The Kier molecular flexibility index (Phi) is 6.54. The number of carbonyl (C=O) groups excluding carboxylic acids is 1. The molecule has 0 aliphatic heterocycles. The molecule has 0 fully saturated rings. The number of aryl methyl sites for hydroxylation is 3. The Balaban J connectivity index is 1.63. The summed E-state index contributed by atoms with van der Waals surface area (Å²) in [4.78, 5) is 12.7. The number of rotatable bonds is 7. The van der Waals surface area contributed by atoms with Gasteiger partial charge in [-0.2, -0.15) is 0 Å². The van der Waals surface area contributed by atoms with Crippen LogP contribution in [-0.4, -0.2) is 12.0 Å². The molecule has 3 rings (SSSR count). The van der Waals surface area contributed by atoms with Gasteiger partial charge in [-0.15, -0.1) is 0 Å². The normalized spacial score (nSPS) is 15.5. The highest BCUT2D eigenvalue weighted by Gasteiger charge is 2.21. The van der Waals surface area contributed by atoms with Crippen molar-refractivity contribution in [1.82, 2.24) is 5.32 Å². The van der Waals surface area contributed by atoms with Crippen molar-refractivity contribution in [2.45, 2.75) is 71.4 Å². The number of nitrogens with one attached hydrogen (secondary N) is 1. The van der Waals surface area contributed by atoms with Gasteiger partial charge in [0.1, 0.15) is 5.75 Å². The standard InChI is InChI=1S/C24H31NO2/c1-4-18-10-14-22(15-11-18)27-23(5-2)24(26)25-17(3)20-13-12-19-8-6-7-9-21(19)16-20/h10-17,23H,4-9H2,1-3H3,(H,25,26)/t17-,23-/m1/s1. The van der Waals surface area contributed by atoms with E-state index in [4.69, 9.17) is 4.74 Å². The Morgan fingerprint density at radius 2 is 1.74 bits per heavy atom. The maximum atomic E-state index is 12.7. The molecule has 0 saturated carbocycles. The molecule has 0 spiro atoms. The maximum absolute atomic E-state index is 12.7. The molecule has 0 saturated heterocycles. The van der Waals surface area contributed by atoms with E-state index in [-0.39, 0.29) is 11.9 Å². The second-order valence-corrected chi connectivity index (χ2v) is 7.48. The molecule has 3 heteroatoms. The summed E-state index contributed by atoms with van der Waals surface area (Å²) in [6.45, 7) is 6.15. The molecule has 0 aromatic heterocycles. The lowest BCUT2D eigenvalue weighted by Gasteiger charge is -2.23. The predicted octanol–water partition coefficient (Wildman–Crippen LogP) is 5.16. The Morgan fingerprint density at radius 3 is 2.41 bits per heavy atom. The molecule has 1 N–H and O–H groups in total. The fourth-order valence-corrected chi connectivity index (χ4v) is 3.70. The van der Waals surface area contributed by atoms with Gasteiger partial charge in [0.25, 0.3) is 5.91 Å². The monoisotopic (exact) mass is 365 g/mol. The summed E-state index contributed by atoms with van der Waals surface area (Å²) in [6, 6.07) is 14.6. The van der Waals surface area contributed by atoms with E-state index in [9.17, 15) is 4.79 Å². The van der Waals surface area contributed by atoms with E-state index in [1.165, 1.54) is 41.5 Å². The summed E-state index contributed by atoms with van der Waals surface area (Å²) in [5, 5.41) is 3.13. The van der Waals surface area contributed by atoms with Crippen LogP contribution in [0.15, 0.2) is 42.5 Å². The van der Waals surface area contributed by atoms with E-state index in [2.05, 4.69) is 42.6 Å². The Labute approximate surface area is 163 Å². The third-order valence-electron chi connectivity index (χ3n) is 5.50. The van der Waals surface area contributed by atoms with Gasteiger partial charge in [-0.05, 0) is 79.8 Å². The molecule has 0 heterocycles. The van der Waals surface area contributed by atoms with E-state index >= 15 is 0 Å². The first-order valence-electron chi connectivity index (χ1n) is 10.3. The molecule has 1 aliphatic rings. The van der Waals surface area contributed by atoms with Gasteiger partial charge in [-0.3, -0.25) is 4.79 Å². The fraction of sp³-hybridized carbons (Fsp3) is 0.458. The molecular weight excluding hydrogens is 334 g/mol. The van der Waals surface area contributed by atoms with Gasteiger partial charge in [-0.25, -0.2) is 0 Å². The Bertz CT molecular complexity index is 766. The van der Waals surface area contributed by atoms with E-state index < -0.39 is 6.10 Å². The van der Waals surface area contributed by atoms with Gasteiger partial charge < -0.3 is 10.1 Å². The van der Waals surface area contributed by atoms with E-state index in [1.54, 1.807) is 0 Å². The smallest absolute Gasteiger partial charge is 0.261 e. The highest BCUT2D eigenvalue weighted by Crippen LogP contribution is 2.25. The zero-order valence-electron chi connectivity index (χ0n) is 16.8. The lowest BCUT2D eigenvalue weighted by molar-refractivity contribution is -0.128. The summed E-state index contributed by atoms with van der Waals surface area (Å²) in [5.41, 5.74) is 5.35. The largest absolute Gasteiger partial charge is 0.481 e. The zero-order valence-corrected chi connectivity index (χ0v) is 16.8. The van der Waals surface area contributed by atoms with Crippen molar-refractivity contribution in [3.63, 3.8) is 0 Å². The van der Waals surface area contributed by atoms with Crippen LogP contribution in [0.3, 0.4) is 0 Å². The Hall–Kier alpha value is -2.29. The minimum absolute atomic E-state index is 0.0233. The van der Waals surface area contributed by atoms with Crippen LogP contribution >= 0.6 is 0 Å². The molecule has 2 aromatic rings. The summed E-state index contributed by atoms with van der Waals surface area (Å²) in [5.74, 6) is 0.693. The summed E-state index contributed by atoms with van der Waals surface area (Å²) in [7, 11) is 0. The molecule has 0 radical (unpaired) electrons. The Morgan fingerprint density at radius 1 is 1.04 bits per heavy atom. The third-order valence-corrected chi connectivity index (χ3v) is 5.50. The third kappa shape index (κ3) is 4.91. The van der Waals surface area contributed by atoms with Crippen LogP contribution in [0.2, 0.25) is 0 Å². The first-order valence-corrected chi connectivity index (χ1v) is 10.3. The van der Waals surface area contributed by atoms with Gasteiger partial charge in [0.15, 0.2) is 6.10 Å². The van der Waals surface area contributed by atoms with Crippen LogP contribution < -0.4 is 10.1 Å². The lowest BCUT2D eigenvalue weighted by Crippen LogP contribution is -2.39. The maximum Gasteiger partial charge on any atom is 0.261 e. The number of fused-ring (bicyclic) bond motifs is 1. The van der Waals surface area contributed by atoms with Crippen LogP contribution in [0.1, 0.15) is 68.3 Å². The van der Waals surface area contributed by atoms with E-state index in [1.807, 2.05) is 26.0 Å². The van der Waals surface area contributed by atoms with Crippen LogP contribution in [0.5, 0.6) is 5.75 Å². The highest BCUT2D eigenvalue weighted by molar-refractivity contribution is 5.81. The van der Waals surface area contributed by atoms with Crippen LogP contribution in [0, 0.1) is 0 Å². The quantitative estimate of drug-likeness (QED) is 0.736. The topological polar surface area (TPSA) is 38.3 Å². The fourth-order valence-electron chi connectivity index (χ4n) is 3.70. The minimum atomic E-state index is -0.474. The predicted molar refractivity (Wildman–Crippen MR) is 110 cm³/mol. The highest BCUT2D eigenvalue weighted by atomic mass is 16.5. The molecule has 0 unspecified atom stereocenters. The van der Waals surface area contributed by atoms with E-state index in [0.29, 0.717) is 6.42 Å². The first-order chi connectivity index (χ1) is 13.1. The second-order valence-electron chi connectivity index (χ2n) is 7.48. The number of hydrogen-bond acceptors (Lipinski definition) is 2. The molecule has 2 aromatic carbocycles. The van der Waals surface area contributed by atoms with Crippen LogP contribution in [0.25, 0.3) is 0 Å². The first kappa shape index (κ1) is 19.5. The molecule has 0 bridgehead atoms. The van der Waals surface area contributed by atoms with Crippen molar-refractivity contribution in [2.24, 2.45) is 0 Å². The summed E-state index contributed by atoms with van der Waals surface area (Å²) in [6.07, 6.45) is 6.04. The number of amides is 1. The molecule has 3 nitrogen and oxygen atoms in total. The van der Waals surface area contributed by atoms with E-state index in [0.717, 1.165) is 18.6 Å². The average Bonchev–Trinajstić information content (AvgIpc) is 2.71. The van der Waals surface area contributed by atoms with Crippen LogP contribution in [-0.2, 0) is 24.1 Å². The number of hydrogen-bond donors (Lipinski definition) is 1. The van der Waals surface area contributed by atoms with Crippen molar-refractivity contribution in [2.75, 3.05) is 0 Å². The van der Waals surface area contributed by atoms with Crippen molar-refractivity contribution in [1.29, 1.82) is 0 Å². The average molecular weight is 366 g/mol. The summed E-state index contributed by atoms with van der Waals surface area (Å²) < 4.78 is 5.94. The van der Waals surface area contributed by atoms with Crippen molar-refractivity contribution < 1.29 is 9.53 Å². The molecule has 1 aliphatic carbocycles. The van der Waals surface area contributed by atoms with Gasteiger partial charge in [-0.1, -0.05) is 44.2 Å². The van der Waals surface area contributed by atoms with Gasteiger partial charge >= 0.3 is 0 Å². The number of carbonyl (C=O) groups is 1. The van der Waals surface area contributed by atoms with Gasteiger partial charge in [0.2, 0.25) is 0 Å². The molecular formula is C24H31NO2. The van der Waals surface area contributed by atoms with Crippen molar-refractivity contribution in [3.05, 3.63) is 64.7 Å². The lowest BCUT2D eigenvalue weighted by atomic mass is 9.89. The van der Waals surface area contributed by atoms with Crippen LogP contribution in [0.4, 0.5) is 0 Å². The molecule has 27 heavy (non-hydrogen) atoms. The van der Waals surface area contributed by atoms with Gasteiger partial charge in [0, 0.05) is 0 Å². The molecule has 1 amide bonds. The van der Waals surface area contributed by atoms with Gasteiger partial charge in [0.05, 0.1) is 6.04 Å².